The second-order valence-corrected chi connectivity index (χ2v) is 8.09. The summed E-state index contributed by atoms with van der Waals surface area (Å²) in [5, 5.41) is 7.37. The SMILES string of the molecule is C[NH+](CC(=O)Nc1ccc(N2CCCC2=O)cc1)Cc1cnn(Cc2ccccc2)c1. The number of benzene rings is 2. The molecule has 1 aromatic heterocycles. The van der Waals surface area contributed by atoms with Crippen LogP contribution >= 0.6 is 0 Å². The molecular weight excluding hydrogens is 390 g/mol. The Balaban J connectivity index is 1.25. The van der Waals surface area contributed by atoms with E-state index in [4.69, 9.17) is 0 Å². The first-order chi connectivity index (χ1) is 15.1. The third-order valence-electron chi connectivity index (χ3n) is 5.38. The fraction of sp³-hybridized carbons (Fsp3) is 0.292. The molecule has 1 aliphatic heterocycles. The number of likely N-dealkylation sites (N-methyl/N-ethyl adjacent to an activating group) is 1. The Labute approximate surface area is 182 Å². The second kappa shape index (κ2) is 9.57. The number of carbonyl (C=O) groups is 2. The van der Waals surface area contributed by atoms with Gasteiger partial charge in [0.25, 0.3) is 5.91 Å². The molecule has 2 amide bonds. The van der Waals surface area contributed by atoms with Gasteiger partial charge in [-0.1, -0.05) is 30.3 Å². The second-order valence-electron chi connectivity index (χ2n) is 8.09. The van der Waals surface area contributed by atoms with E-state index < -0.39 is 0 Å². The Morgan fingerprint density at radius 2 is 1.87 bits per heavy atom. The van der Waals surface area contributed by atoms with Crippen molar-refractivity contribution in [3.8, 4) is 0 Å². The van der Waals surface area contributed by atoms with Crippen LogP contribution in [0.1, 0.15) is 24.0 Å². The quantitative estimate of drug-likeness (QED) is 0.585. The Hall–Kier alpha value is -3.45. The highest BCUT2D eigenvalue weighted by Gasteiger charge is 2.21. The number of hydrogen-bond acceptors (Lipinski definition) is 3. The summed E-state index contributed by atoms with van der Waals surface area (Å²) in [5.41, 5.74) is 3.93. The predicted octanol–water partition coefficient (Wildman–Crippen LogP) is 1.71. The minimum atomic E-state index is -0.0424. The van der Waals surface area contributed by atoms with Crippen molar-refractivity contribution in [2.24, 2.45) is 0 Å². The Morgan fingerprint density at radius 3 is 2.58 bits per heavy atom. The lowest BCUT2D eigenvalue weighted by atomic mass is 10.2. The van der Waals surface area contributed by atoms with E-state index in [-0.39, 0.29) is 11.8 Å². The van der Waals surface area contributed by atoms with Crippen molar-refractivity contribution in [2.75, 3.05) is 30.4 Å². The maximum absolute atomic E-state index is 12.4. The lowest BCUT2D eigenvalue weighted by Crippen LogP contribution is -3.08. The lowest BCUT2D eigenvalue weighted by Gasteiger charge is -2.16. The smallest absolute Gasteiger partial charge is 0.279 e. The molecular formula is C24H28N5O2+. The summed E-state index contributed by atoms with van der Waals surface area (Å²) in [6, 6.07) is 17.7. The van der Waals surface area contributed by atoms with Gasteiger partial charge in [0, 0.05) is 36.1 Å². The first kappa shape index (κ1) is 20.8. The topological polar surface area (TPSA) is 71.7 Å². The molecule has 4 rings (SSSR count). The molecule has 3 aromatic rings. The van der Waals surface area contributed by atoms with Crippen LogP contribution in [0.5, 0.6) is 0 Å². The number of carbonyl (C=O) groups excluding carboxylic acids is 2. The molecule has 0 spiro atoms. The molecule has 2 aromatic carbocycles. The third-order valence-corrected chi connectivity index (χ3v) is 5.38. The van der Waals surface area contributed by atoms with Gasteiger partial charge in [0.2, 0.25) is 5.91 Å². The van der Waals surface area contributed by atoms with Crippen molar-refractivity contribution in [3.63, 3.8) is 0 Å². The van der Waals surface area contributed by atoms with Gasteiger partial charge in [0.15, 0.2) is 6.54 Å². The van der Waals surface area contributed by atoms with Crippen molar-refractivity contribution in [3.05, 3.63) is 78.1 Å². The number of rotatable bonds is 8. The van der Waals surface area contributed by atoms with Crippen LogP contribution in [-0.2, 0) is 22.7 Å². The van der Waals surface area contributed by atoms with Crippen molar-refractivity contribution in [1.29, 1.82) is 0 Å². The van der Waals surface area contributed by atoms with Crippen LogP contribution in [0.25, 0.3) is 0 Å². The monoisotopic (exact) mass is 418 g/mol. The molecule has 0 saturated carbocycles. The van der Waals surface area contributed by atoms with Gasteiger partial charge in [-0.25, -0.2) is 0 Å². The van der Waals surface area contributed by atoms with Gasteiger partial charge in [-0.3, -0.25) is 14.3 Å². The number of nitrogens with zero attached hydrogens (tertiary/aromatic N) is 3. The molecule has 1 atom stereocenters. The van der Waals surface area contributed by atoms with Crippen LogP contribution < -0.4 is 15.1 Å². The zero-order valence-corrected chi connectivity index (χ0v) is 17.8. The first-order valence-corrected chi connectivity index (χ1v) is 10.6. The van der Waals surface area contributed by atoms with Gasteiger partial charge in [0.1, 0.15) is 6.54 Å². The highest BCUT2D eigenvalue weighted by atomic mass is 16.2. The molecule has 7 nitrogen and oxygen atoms in total. The van der Waals surface area contributed by atoms with Gasteiger partial charge in [0.05, 0.1) is 19.8 Å². The van der Waals surface area contributed by atoms with E-state index in [1.54, 1.807) is 4.90 Å². The minimum absolute atomic E-state index is 0.0424. The van der Waals surface area contributed by atoms with Crippen molar-refractivity contribution in [2.45, 2.75) is 25.9 Å². The van der Waals surface area contributed by atoms with Crippen LogP contribution in [-0.4, -0.2) is 41.7 Å². The predicted molar refractivity (Wildman–Crippen MR) is 120 cm³/mol. The van der Waals surface area contributed by atoms with Gasteiger partial charge < -0.3 is 15.1 Å². The molecule has 1 saturated heterocycles. The molecule has 2 heterocycles. The zero-order chi connectivity index (χ0) is 21.6. The summed E-state index contributed by atoms with van der Waals surface area (Å²) in [5.74, 6) is 0.119. The van der Waals surface area contributed by atoms with E-state index in [1.165, 1.54) is 5.56 Å². The van der Waals surface area contributed by atoms with Gasteiger partial charge in [-0.2, -0.15) is 5.10 Å². The van der Waals surface area contributed by atoms with Crippen molar-refractivity contribution in [1.82, 2.24) is 9.78 Å². The molecule has 1 unspecified atom stereocenters. The number of quaternary nitrogens is 1. The Kier molecular flexibility index (Phi) is 6.43. The van der Waals surface area contributed by atoms with Crippen LogP contribution in [0.2, 0.25) is 0 Å². The minimum Gasteiger partial charge on any atom is -0.326 e. The van der Waals surface area contributed by atoms with Crippen LogP contribution in [0, 0.1) is 0 Å². The maximum atomic E-state index is 12.4. The Bertz CT molecular complexity index is 1030. The number of aromatic nitrogens is 2. The standard InChI is InChI=1S/C24H27N5O2/c1-27(15-20-14-25-28(17-20)16-19-6-3-2-4-7-19)18-23(30)26-21-9-11-22(12-10-21)29-13-5-8-24(29)31/h2-4,6-7,9-12,14,17H,5,8,13,15-16,18H2,1H3,(H,26,30)/p+1. The van der Waals surface area contributed by atoms with Gasteiger partial charge in [-0.15, -0.1) is 0 Å². The van der Waals surface area contributed by atoms with E-state index >= 15 is 0 Å². The summed E-state index contributed by atoms with van der Waals surface area (Å²) in [6.45, 7) is 2.58. The zero-order valence-electron chi connectivity index (χ0n) is 17.8. The molecule has 1 fully saturated rings. The molecule has 0 radical (unpaired) electrons. The summed E-state index contributed by atoms with van der Waals surface area (Å²) in [7, 11) is 2.00. The largest absolute Gasteiger partial charge is 0.326 e. The maximum Gasteiger partial charge on any atom is 0.279 e. The average Bonchev–Trinajstić information content (AvgIpc) is 3.38. The highest BCUT2D eigenvalue weighted by molar-refractivity contribution is 5.96. The van der Waals surface area contributed by atoms with E-state index in [1.807, 2.05) is 66.6 Å². The van der Waals surface area contributed by atoms with Crippen LogP contribution in [0.3, 0.4) is 0 Å². The van der Waals surface area contributed by atoms with E-state index in [2.05, 4.69) is 22.5 Å². The highest BCUT2D eigenvalue weighted by Crippen LogP contribution is 2.22. The molecule has 160 valence electrons. The summed E-state index contributed by atoms with van der Waals surface area (Å²) >= 11 is 0. The fourth-order valence-corrected chi connectivity index (χ4v) is 3.89. The van der Waals surface area contributed by atoms with Crippen molar-refractivity contribution < 1.29 is 14.5 Å². The van der Waals surface area contributed by atoms with Crippen LogP contribution in [0.4, 0.5) is 11.4 Å². The first-order valence-electron chi connectivity index (χ1n) is 10.6. The molecule has 0 bridgehead atoms. The average molecular weight is 419 g/mol. The summed E-state index contributed by atoms with van der Waals surface area (Å²) < 4.78 is 1.92. The third kappa shape index (κ3) is 5.58. The summed E-state index contributed by atoms with van der Waals surface area (Å²) in [4.78, 5) is 27.2. The van der Waals surface area contributed by atoms with Crippen LogP contribution in [0.15, 0.2) is 67.0 Å². The fourth-order valence-electron chi connectivity index (χ4n) is 3.89. The lowest BCUT2D eigenvalue weighted by molar-refractivity contribution is -0.885. The molecule has 1 aliphatic rings. The normalized spacial score (nSPS) is 14.6. The number of hydrogen-bond donors (Lipinski definition) is 2. The number of anilines is 2. The van der Waals surface area contributed by atoms with Gasteiger partial charge >= 0.3 is 0 Å². The Morgan fingerprint density at radius 1 is 1.10 bits per heavy atom. The number of nitrogens with one attached hydrogen (secondary N) is 2. The van der Waals surface area contributed by atoms with E-state index in [9.17, 15) is 9.59 Å². The molecule has 0 aliphatic carbocycles. The number of amides is 2. The molecule has 7 heteroatoms. The van der Waals surface area contributed by atoms with E-state index in [0.29, 0.717) is 13.0 Å². The van der Waals surface area contributed by atoms with Crippen molar-refractivity contribution >= 4 is 23.2 Å². The molecule has 31 heavy (non-hydrogen) atoms. The van der Waals surface area contributed by atoms with Gasteiger partial charge in [-0.05, 0) is 36.2 Å². The summed E-state index contributed by atoms with van der Waals surface area (Å²) in [6.07, 6.45) is 5.41. The molecule has 2 N–H and O–H groups in total. The van der Waals surface area contributed by atoms with E-state index in [0.717, 1.165) is 47.9 Å².